The first-order valence-electron chi connectivity index (χ1n) is 5.93. The maximum absolute atomic E-state index is 12.9. The Hall–Kier alpha value is -2.12. The fraction of sp³-hybridized carbons (Fsp3) is 0.0625. The minimum Gasteiger partial charge on any atom is -0.346 e. The lowest BCUT2D eigenvalue weighted by Crippen LogP contribution is -2.28. The lowest BCUT2D eigenvalue weighted by Gasteiger charge is -2.06. The zero-order chi connectivity index (χ0) is 14.7. The van der Waals surface area contributed by atoms with Gasteiger partial charge in [0.15, 0.2) is 0 Å². The maximum atomic E-state index is 12.9. The van der Waals surface area contributed by atoms with Crippen LogP contribution in [-0.4, -0.2) is 0 Å². The third-order valence-electron chi connectivity index (χ3n) is 2.88. The van der Waals surface area contributed by atoms with Gasteiger partial charge in [-0.15, -0.1) is 0 Å². The van der Waals surface area contributed by atoms with Crippen LogP contribution < -0.4 is 15.8 Å². The molecule has 0 heterocycles. The van der Waals surface area contributed by atoms with E-state index in [-0.39, 0.29) is 5.82 Å². The molecule has 0 saturated heterocycles. The van der Waals surface area contributed by atoms with Crippen LogP contribution in [0.2, 0.25) is 0 Å². The molecule has 0 unspecified atom stereocenters. The summed E-state index contributed by atoms with van der Waals surface area (Å²) in [6.07, 6.45) is 0. The molecule has 100 valence electrons. The van der Waals surface area contributed by atoms with Crippen LogP contribution >= 0.6 is 15.9 Å². The van der Waals surface area contributed by atoms with Gasteiger partial charge in [0, 0.05) is 15.4 Å². The highest BCUT2D eigenvalue weighted by atomic mass is 79.9. The number of hydrogen-bond donors (Lipinski definition) is 1. The summed E-state index contributed by atoms with van der Waals surface area (Å²) < 4.78 is 13.8. The van der Waals surface area contributed by atoms with Crippen molar-refractivity contribution in [2.45, 2.75) is 6.92 Å². The quantitative estimate of drug-likeness (QED) is 0.918. The molecule has 0 bridgehead atoms. The SMILES string of the molecule is C=c1cc(C)c(Br)c/c1=C(\C#N)Nc1ccc(F)cc1. The summed E-state index contributed by atoms with van der Waals surface area (Å²) in [5, 5.41) is 13.8. The van der Waals surface area contributed by atoms with Crippen molar-refractivity contribution in [3.8, 4) is 6.07 Å². The van der Waals surface area contributed by atoms with Gasteiger partial charge in [-0.05, 0) is 48.0 Å². The molecule has 0 aliphatic rings. The Labute approximate surface area is 125 Å². The summed E-state index contributed by atoms with van der Waals surface area (Å²) in [6, 6.07) is 11.7. The van der Waals surface area contributed by atoms with Gasteiger partial charge >= 0.3 is 0 Å². The van der Waals surface area contributed by atoms with E-state index in [0.717, 1.165) is 15.3 Å². The summed E-state index contributed by atoms with van der Waals surface area (Å²) in [4.78, 5) is 0. The third-order valence-corrected chi connectivity index (χ3v) is 3.73. The van der Waals surface area contributed by atoms with Gasteiger partial charge < -0.3 is 5.32 Å². The average molecular weight is 331 g/mol. The average Bonchev–Trinajstić information content (AvgIpc) is 2.43. The molecule has 0 fully saturated rings. The summed E-state index contributed by atoms with van der Waals surface area (Å²) in [5.74, 6) is -0.315. The summed E-state index contributed by atoms with van der Waals surface area (Å²) in [7, 11) is 0. The van der Waals surface area contributed by atoms with Crippen LogP contribution in [0.3, 0.4) is 0 Å². The van der Waals surface area contributed by atoms with Gasteiger partial charge in [0.25, 0.3) is 0 Å². The number of nitrogens with one attached hydrogen (secondary N) is 1. The Kier molecular flexibility index (Phi) is 4.21. The zero-order valence-electron chi connectivity index (χ0n) is 10.9. The molecule has 2 aromatic carbocycles. The second kappa shape index (κ2) is 5.89. The van der Waals surface area contributed by atoms with Crippen molar-refractivity contribution < 1.29 is 4.39 Å². The third kappa shape index (κ3) is 3.06. The normalized spacial score (nSPS) is 11.7. The topological polar surface area (TPSA) is 35.8 Å². The van der Waals surface area contributed by atoms with E-state index in [1.54, 1.807) is 12.1 Å². The molecule has 20 heavy (non-hydrogen) atoms. The Balaban J connectivity index is 2.55. The molecule has 0 aromatic heterocycles. The van der Waals surface area contributed by atoms with Crippen molar-refractivity contribution in [3.63, 3.8) is 0 Å². The van der Waals surface area contributed by atoms with Gasteiger partial charge in [-0.25, -0.2) is 4.39 Å². The number of hydrogen-bond acceptors (Lipinski definition) is 2. The highest BCUT2D eigenvalue weighted by Gasteiger charge is 2.02. The summed E-state index contributed by atoms with van der Waals surface area (Å²) >= 11 is 3.44. The van der Waals surface area contributed by atoms with E-state index in [4.69, 9.17) is 0 Å². The first-order valence-corrected chi connectivity index (χ1v) is 6.72. The molecule has 2 rings (SSSR count). The highest BCUT2D eigenvalue weighted by Crippen LogP contribution is 2.12. The molecular weight excluding hydrogens is 319 g/mol. The molecule has 0 atom stereocenters. The Morgan fingerprint density at radius 1 is 1.30 bits per heavy atom. The lowest BCUT2D eigenvalue weighted by atomic mass is 10.1. The molecule has 1 N–H and O–H groups in total. The molecule has 0 saturated carbocycles. The Morgan fingerprint density at radius 3 is 2.55 bits per heavy atom. The van der Waals surface area contributed by atoms with Gasteiger partial charge in [-0.1, -0.05) is 28.6 Å². The van der Waals surface area contributed by atoms with Crippen molar-refractivity contribution in [3.05, 3.63) is 62.7 Å². The molecule has 2 aromatic rings. The number of halogens is 2. The molecular formula is C16H12BrFN2. The minimum absolute atomic E-state index is 0.315. The number of benzene rings is 2. The Bertz CT molecular complexity index is 789. The van der Waals surface area contributed by atoms with Crippen LogP contribution in [0.1, 0.15) is 5.56 Å². The second-order valence-corrected chi connectivity index (χ2v) is 5.23. The zero-order valence-corrected chi connectivity index (χ0v) is 12.5. The summed E-state index contributed by atoms with van der Waals surface area (Å²) in [6.45, 7) is 5.91. The summed E-state index contributed by atoms with van der Waals surface area (Å²) in [5.41, 5.74) is 2.08. The smallest absolute Gasteiger partial charge is 0.125 e. The molecule has 0 amide bonds. The van der Waals surface area contributed by atoms with Crippen LogP contribution in [0.5, 0.6) is 0 Å². The molecule has 0 spiro atoms. The predicted octanol–water partition coefficient (Wildman–Crippen LogP) is 3.05. The fourth-order valence-corrected chi connectivity index (χ4v) is 2.15. The number of nitriles is 1. The standard InChI is InChI=1S/C16H12BrFN2/c1-10-7-11(2)15(17)8-14(10)16(9-19)20-13-5-3-12(18)4-6-13/h3-8,20H,1H2,2H3/b16-14-. The van der Waals surface area contributed by atoms with Crippen molar-refractivity contribution in [1.82, 2.24) is 0 Å². The number of anilines is 1. The van der Waals surface area contributed by atoms with E-state index >= 15 is 0 Å². The molecule has 0 aliphatic heterocycles. The number of aryl methyl sites for hydroxylation is 1. The van der Waals surface area contributed by atoms with Gasteiger partial charge in [0.1, 0.15) is 17.6 Å². The van der Waals surface area contributed by atoms with Crippen molar-refractivity contribution in [1.29, 1.82) is 5.26 Å². The van der Waals surface area contributed by atoms with Crippen LogP contribution in [-0.2, 0) is 0 Å². The minimum atomic E-state index is -0.315. The predicted molar refractivity (Wildman–Crippen MR) is 82.7 cm³/mol. The van der Waals surface area contributed by atoms with Gasteiger partial charge in [-0.3, -0.25) is 0 Å². The molecule has 4 heteroatoms. The van der Waals surface area contributed by atoms with Crippen LogP contribution in [0.4, 0.5) is 10.1 Å². The molecule has 2 nitrogen and oxygen atoms in total. The van der Waals surface area contributed by atoms with E-state index in [1.807, 2.05) is 19.1 Å². The first kappa shape index (κ1) is 14.3. The fourth-order valence-electron chi connectivity index (χ4n) is 1.81. The van der Waals surface area contributed by atoms with Crippen LogP contribution in [0.25, 0.3) is 12.3 Å². The largest absolute Gasteiger partial charge is 0.346 e. The van der Waals surface area contributed by atoms with E-state index in [1.165, 1.54) is 12.1 Å². The van der Waals surface area contributed by atoms with Crippen LogP contribution in [0.15, 0.2) is 40.9 Å². The van der Waals surface area contributed by atoms with Crippen molar-refractivity contribution in [2.75, 3.05) is 5.32 Å². The second-order valence-electron chi connectivity index (χ2n) is 4.38. The number of nitrogens with zero attached hydrogens (tertiary/aromatic N) is 1. The first-order chi connectivity index (χ1) is 9.51. The highest BCUT2D eigenvalue weighted by molar-refractivity contribution is 9.10. The lowest BCUT2D eigenvalue weighted by molar-refractivity contribution is 0.628. The number of rotatable bonds is 2. The van der Waals surface area contributed by atoms with E-state index in [0.29, 0.717) is 16.6 Å². The molecule has 0 aliphatic carbocycles. The van der Waals surface area contributed by atoms with Gasteiger partial charge in [0.05, 0.1) is 0 Å². The van der Waals surface area contributed by atoms with E-state index in [9.17, 15) is 9.65 Å². The van der Waals surface area contributed by atoms with E-state index in [2.05, 4.69) is 33.9 Å². The Morgan fingerprint density at radius 2 is 1.95 bits per heavy atom. The maximum Gasteiger partial charge on any atom is 0.125 e. The van der Waals surface area contributed by atoms with Gasteiger partial charge in [-0.2, -0.15) is 5.26 Å². The van der Waals surface area contributed by atoms with Crippen LogP contribution in [0, 0.1) is 24.1 Å². The monoisotopic (exact) mass is 330 g/mol. The van der Waals surface area contributed by atoms with Crippen molar-refractivity contribution >= 4 is 33.9 Å². The van der Waals surface area contributed by atoms with Gasteiger partial charge in [0.2, 0.25) is 0 Å². The molecule has 0 radical (unpaired) electrons. The van der Waals surface area contributed by atoms with Crippen molar-refractivity contribution in [2.24, 2.45) is 0 Å². The van der Waals surface area contributed by atoms with E-state index < -0.39 is 0 Å².